The fourth-order valence-corrected chi connectivity index (χ4v) is 2.80. The van der Waals surface area contributed by atoms with Crippen LogP contribution in [-0.2, 0) is 0 Å². The summed E-state index contributed by atoms with van der Waals surface area (Å²) in [6, 6.07) is 2.86. The van der Waals surface area contributed by atoms with E-state index < -0.39 is 0 Å². The van der Waals surface area contributed by atoms with E-state index in [0.717, 1.165) is 29.6 Å². The molecule has 2 atom stereocenters. The van der Waals surface area contributed by atoms with Gasteiger partial charge in [-0.1, -0.05) is 0 Å². The Morgan fingerprint density at radius 3 is 2.80 bits per heavy atom. The fraction of sp³-hybridized carbons (Fsp3) is 0.500. The van der Waals surface area contributed by atoms with Crippen LogP contribution in [-0.4, -0.2) is 33.6 Å². The predicted octanol–water partition coefficient (Wildman–Crippen LogP) is 1.39. The molecular weight excluding hydrogens is 252 g/mol. The summed E-state index contributed by atoms with van der Waals surface area (Å²) in [6.07, 6.45) is 1.06. The highest BCUT2D eigenvalue weighted by Gasteiger charge is 2.21. The van der Waals surface area contributed by atoms with E-state index in [9.17, 15) is 0 Å². The molecule has 6 heteroatoms. The van der Waals surface area contributed by atoms with Crippen LogP contribution in [0.5, 0.6) is 0 Å². The van der Waals surface area contributed by atoms with Crippen molar-refractivity contribution >= 4 is 22.8 Å². The summed E-state index contributed by atoms with van der Waals surface area (Å²) < 4.78 is 0. The third-order valence-electron chi connectivity index (χ3n) is 3.70. The highest BCUT2D eigenvalue weighted by Crippen LogP contribution is 2.23. The van der Waals surface area contributed by atoms with Crippen molar-refractivity contribution in [1.82, 2.24) is 20.3 Å². The Morgan fingerprint density at radius 2 is 2.10 bits per heavy atom. The minimum atomic E-state index is 0.341. The zero-order valence-electron chi connectivity index (χ0n) is 12.1. The van der Waals surface area contributed by atoms with Gasteiger partial charge in [-0.3, -0.25) is 0 Å². The molecule has 1 aliphatic heterocycles. The number of nitrogens with one attached hydrogen (secondary N) is 2. The molecule has 0 bridgehead atoms. The van der Waals surface area contributed by atoms with E-state index in [4.69, 9.17) is 5.73 Å². The van der Waals surface area contributed by atoms with Gasteiger partial charge in [0.1, 0.15) is 5.82 Å². The van der Waals surface area contributed by atoms with E-state index in [1.807, 2.05) is 19.9 Å². The molecule has 1 aliphatic rings. The Morgan fingerprint density at radius 1 is 1.30 bits per heavy atom. The van der Waals surface area contributed by atoms with Gasteiger partial charge in [-0.2, -0.15) is 9.97 Å². The number of aromatic nitrogens is 3. The largest absolute Gasteiger partial charge is 0.383 e. The summed E-state index contributed by atoms with van der Waals surface area (Å²) in [6.45, 7) is 7.06. The third kappa shape index (κ3) is 2.38. The second kappa shape index (κ2) is 4.86. The molecule has 0 saturated carbocycles. The van der Waals surface area contributed by atoms with E-state index in [0.29, 0.717) is 29.5 Å². The van der Waals surface area contributed by atoms with Crippen molar-refractivity contribution < 1.29 is 0 Å². The monoisotopic (exact) mass is 272 g/mol. The number of nitrogens with two attached hydrogens (primary N) is 1. The lowest BCUT2D eigenvalue weighted by Crippen LogP contribution is -2.24. The summed E-state index contributed by atoms with van der Waals surface area (Å²) >= 11 is 0. The average Bonchev–Trinajstić information content (AvgIpc) is 2.73. The van der Waals surface area contributed by atoms with Crippen LogP contribution in [0.4, 0.5) is 11.8 Å². The maximum absolute atomic E-state index is 6.06. The van der Waals surface area contributed by atoms with E-state index in [1.54, 1.807) is 0 Å². The first kappa shape index (κ1) is 13.1. The molecule has 0 radical (unpaired) electrons. The molecule has 0 aliphatic carbocycles. The van der Waals surface area contributed by atoms with Gasteiger partial charge in [0.15, 0.2) is 5.65 Å². The van der Waals surface area contributed by atoms with Crippen LogP contribution in [0.3, 0.4) is 0 Å². The molecule has 1 fully saturated rings. The van der Waals surface area contributed by atoms with Gasteiger partial charge >= 0.3 is 0 Å². The molecule has 0 spiro atoms. The number of nitrogen functional groups attached to an aromatic ring is 1. The zero-order chi connectivity index (χ0) is 14.3. The van der Waals surface area contributed by atoms with Gasteiger partial charge in [0, 0.05) is 24.3 Å². The number of hydrogen-bond donors (Lipinski definition) is 3. The smallest absolute Gasteiger partial charge is 0.226 e. The van der Waals surface area contributed by atoms with Crippen molar-refractivity contribution in [2.45, 2.75) is 39.3 Å². The van der Waals surface area contributed by atoms with Crippen LogP contribution in [0.15, 0.2) is 6.07 Å². The summed E-state index contributed by atoms with van der Waals surface area (Å²) in [5, 5.41) is 7.58. The van der Waals surface area contributed by atoms with Gasteiger partial charge in [0.25, 0.3) is 0 Å². The molecule has 6 nitrogen and oxygen atoms in total. The lowest BCUT2D eigenvalue weighted by Gasteiger charge is -2.13. The van der Waals surface area contributed by atoms with Gasteiger partial charge in [-0.15, -0.1) is 0 Å². The van der Waals surface area contributed by atoms with Crippen molar-refractivity contribution in [1.29, 1.82) is 0 Å². The van der Waals surface area contributed by atoms with Crippen molar-refractivity contribution in [3.63, 3.8) is 0 Å². The Kier molecular flexibility index (Phi) is 3.17. The summed E-state index contributed by atoms with van der Waals surface area (Å²) in [5.41, 5.74) is 8.73. The second-order valence-corrected chi connectivity index (χ2v) is 5.60. The molecule has 106 valence electrons. The number of nitrogens with zero attached hydrogens (tertiary/aromatic N) is 3. The van der Waals surface area contributed by atoms with Crippen LogP contribution in [0.2, 0.25) is 0 Å². The van der Waals surface area contributed by atoms with Crippen LogP contribution in [0, 0.1) is 13.8 Å². The standard InChI is InChI=1S/C14H20N6/c1-7-4-9(3)17-13-11(7)12(15)19-14(20-13)18-10-5-8(2)16-6-10/h4,8,10,16H,5-6H2,1-3H3,(H3,15,17,18,19,20)/t8-,10-/m0/s1. The van der Waals surface area contributed by atoms with Gasteiger partial charge in [0.2, 0.25) is 5.95 Å². The number of fused-ring (bicyclic) bond motifs is 1. The summed E-state index contributed by atoms with van der Waals surface area (Å²) in [5.74, 6) is 1.05. The molecule has 2 aromatic heterocycles. The number of hydrogen-bond acceptors (Lipinski definition) is 6. The summed E-state index contributed by atoms with van der Waals surface area (Å²) in [4.78, 5) is 13.3. The van der Waals surface area contributed by atoms with Crippen LogP contribution in [0.1, 0.15) is 24.6 Å². The molecule has 0 unspecified atom stereocenters. The molecular formula is C14H20N6. The van der Waals surface area contributed by atoms with Gasteiger partial charge in [0.05, 0.1) is 5.39 Å². The minimum Gasteiger partial charge on any atom is -0.383 e. The zero-order valence-corrected chi connectivity index (χ0v) is 12.1. The van der Waals surface area contributed by atoms with Crippen molar-refractivity contribution in [2.24, 2.45) is 0 Å². The van der Waals surface area contributed by atoms with Crippen LogP contribution in [0.25, 0.3) is 11.0 Å². The topological polar surface area (TPSA) is 88.8 Å². The van der Waals surface area contributed by atoms with E-state index in [-0.39, 0.29) is 0 Å². The molecule has 0 amide bonds. The molecule has 3 rings (SSSR count). The van der Waals surface area contributed by atoms with E-state index in [2.05, 4.69) is 32.5 Å². The van der Waals surface area contributed by atoms with Gasteiger partial charge in [-0.05, 0) is 38.8 Å². The maximum Gasteiger partial charge on any atom is 0.226 e. The number of aryl methyl sites for hydroxylation is 2. The fourth-order valence-electron chi connectivity index (χ4n) is 2.80. The van der Waals surface area contributed by atoms with E-state index >= 15 is 0 Å². The highest BCUT2D eigenvalue weighted by atomic mass is 15.2. The van der Waals surface area contributed by atoms with Crippen LogP contribution < -0.4 is 16.4 Å². The van der Waals surface area contributed by atoms with Crippen molar-refractivity contribution in [2.75, 3.05) is 17.6 Å². The van der Waals surface area contributed by atoms with Gasteiger partial charge < -0.3 is 16.4 Å². The number of rotatable bonds is 2. The first-order valence-corrected chi connectivity index (χ1v) is 6.94. The number of anilines is 2. The molecule has 20 heavy (non-hydrogen) atoms. The SMILES string of the molecule is Cc1cc(C)c2c(N)nc(N[C@@H]3CN[C@@H](C)C3)nc2n1. The summed E-state index contributed by atoms with van der Waals surface area (Å²) in [7, 11) is 0. The molecule has 0 aromatic carbocycles. The second-order valence-electron chi connectivity index (χ2n) is 5.60. The minimum absolute atomic E-state index is 0.341. The average molecular weight is 272 g/mol. The molecule has 3 heterocycles. The Balaban J connectivity index is 1.97. The number of pyridine rings is 1. The maximum atomic E-state index is 6.06. The Bertz CT molecular complexity index is 654. The Labute approximate surface area is 118 Å². The highest BCUT2D eigenvalue weighted by molar-refractivity contribution is 5.89. The molecule has 4 N–H and O–H groups in total. The van der Waals surface area contributed by atoms with Gasteiger partial charge in [-0.25, -0.2) is 4.98 Å². The molecule has 1 saturated heterocycles. The van der Waals surface area contributed by atoms with Crippen molar-refractivity contribution in [3.05, 3.63) is 17.3 Å². The predicted molar refractivity (Wildman–Crippen MR) is 80.7 cm³/mol. The first-order valence-electron chi connectivity index (χ1n) is 6.94. The van der Waals surface area contributed by atoms with Crippen LogP contribution >= 0.6 is 0 Å². The van der Waals surface area contributed by atoms with E-state index in [1.165, 1.54) is 0 Å². The van der Waals surface area contributed by atoms with Crippen molar-refractivity contribution in [3.8, 4) is 0 Å². The quantitative estimate of drug-likeness (QED) is 0.765. The third-order valence-corrected chi connectivity index (χ3v) is 3.70. The lowest BCUT2D eigenvalue weighted by atomic mass is 10.1. The normalized spacial score (nSPS) is 22.4. The lowest BCUT2D eigenvalue weighted by molar-refractivity contribution is 0.660. The first-order chi connectivity index (χ1) is 9.52. The Hall–Kier alpha value is -1.95. The molecule has 2 aromatic rings.